The summed E-state index contributed by atoms with van der Waals surface area (Å²) < 4.78 is 5.17. The Morgan fingerprint density at radius 3 is 3.00 bits per heavy atom. The Morgan fingerprint density at radius 1 is 1.62 bits per heavy atom. The van der Waals surface area contributed by atoms with E-state index < -0.39 is 11.9 Å². The summed E-state index contributed by atoms with van der Waals surface area (Å²) >= 11 is 0. The molecule has 0 saturated carbocycles. The van der Waals surface area contributed by atoms with Crippen molar-refractivity contribution in [3.8, 4) is 0 Å². The minimum Gasteiger partial charge on any atom is -0.384 e. The second-order valence-corrected chi connectivity index (χ2v) is 4.56. The summed E-state index contributed by atoms with van der Waals surface area (Å²) in [5.74, 6) is 0.203. The Hall–Kier alpha value is -0.650. The Labute approximate surface area is 97.1 Å². The number of ether oxygens (including phenoxy) is 1. The van der Waals surface area contributed by atoms with Crippen LogP contribution < -0.4 is 11.5 Å². The first-order valence-electron chi connectivity index (χ1n) is 5.89. The molecule has 2 atom stereocenters. The van der Waals surface area contributed by atoms with Gasteiger partial charge in [0.1, 0.15) is 0 Å². The third kappa shape index (κ3) is 4.47. The first kappa shape index (κ1) is 13.4. The normalized spacial score (nSPS) is 24.2. The number of carbonyl (C=O) groups is 1. The van der Waals surface area contributed by atoms with E-state index in [0.29, 0.717) is 12.3 Å². The van der Waals surface area contributed by atoms with Gasteiger partial charge in [0.2, 0.25) is 5.91 Å². The number of hydrogen-bond donors (Lipinski definition) is 2. The van der Waals surface area contributed by atoms with Gasteiger partial charge in [-0.1, -0.05) is 0 Å². The molecule has 0 bridgehead atoms. The predicted molar refractivity (Wildman–Crippen MR) is 62.8 cm³/mol. The van der Waals surface area contributed by atoms with E-state index in [1.54, 1.807) is 7.11 Å². The van der Waals surface area contributed by atoms with E-state index in [1.807, 2.05) is 0 Å². The fourth-order valence-electron chi connectivity index (χ4n) is 2.19. The molecule has 1 aliphatic rings. The van der Waals surface area contributed by atoms with Crippen LogP contribution >= 0.6 is 0 Å². The Morgan fingerprint density at radius 2 is 2.38 bits per heavy atom. The molecule has 0 spiro atoms. The number of primary amides is 1. The number of hydrogen-bond acceptors (Lipinski definition) is 4. The lowest BCUT2D eigenvalue weighted by Crippen LogP contribution is -2.42. The van der Waals surface area contributed by atoms with Crippen molar-refractivity contribution in [2.75, 3.05) is 33.4 Å². The lowest BCUT2D eigenvalue weighted by molar-refractivity contribution is -0.119. The highest BCUT2D eigenvalue weighted by Gasteiger charge is 2.20. The SMILES string of the molecule is COCC1CCCN(CCC(N)C(N)=O)C1. The summed E-state index contributed by atoms with van der Waals surface area (Å²) in [6.45, 7) is 3.80. The standard InChI is InChI=1S/C11H23N3O2/c1-16-8-9-3-2-5-14(7-9)6-4-10(12)11(13)15/h9-10H,2-8,12H2,1H3,(H2,13,15). The molecule has 5 nitrogen and oxygen atoms in total. The molecule has 94 valence electrons. The number of piperidine rings is 1. The molecule has 0 aromatic carbocycles. The van der Waals surface area contributed by atoms with Crippen molar-refractivity contribution in [3.05, 3.63) is 0 Å². The van der Waals surface area contributed by atoms with Crippen molar-refractivity contribution in [1.29, 1.82) is 0 Å². The van der Waals surface area contributed by atoms with Crippen molar-refractivity contribution >= 4 is 5.91 Å². The first-order valence-corrected chi connectivity index (χ1v) is 5.89. The van der Waals surface area contributed by atoms with Gasteiger partial charge in [-0.25, -0.2) is 0 Å². The number of amides is 1. The molecule has 0 aromatic rings. The van der Waals surface area contributed by atoms with Gasteiger partial charge >= 0.3 is 0 Å². The topological polar surface area (TPSA) is 81.6 Å². The summed E-state index contributed by atoms with van der Waals surface area (Å²) in [4.78, 5) is 13.1. The molecule has 0 aliphatic carbocycles. The van der Waals surface area contributed by atoms with E-state index in [4.69, 9.17) is 16.2 Å². The lowest BCUT2D eigenvalue weighted by Gasteiger charge is -2.32. The van der Waals surface area contributed by atoms with E-state index in [-0.39, 0.29) is 0 Å². The molecule has 1 fully saturated rings. The van der Waals surface area contributed by atoms with Crippen molar-refractivity contribution in [2.24, 2.45) is 17.4 Å². The predicted octanol–water partition coefficient (Wildman–Crippen LogP) is -0.452. The Bertz CT molecular complexity index is 221. The zero-order valence-electron chi connectivity index (χ0n) is 10.0. The molecule has 1 aliphatic heterocycles. The van der Waals surface area contributed by atoms with Crippen LogP contribution in [0.5, 0.6) is 0 Å². The largest absolute Gasteiger partial charge is 0.384 e. The monoisotopic (exact) mass is 229 g/mol. The minimum absolute atomic E-state index is 0.412. The van der Waals surface area contributed by atoms with Crippen LogP contribution in [0.4, 0.5) is 0 Å². The molecule has 0 aromatic heterocycles. The quantitative estimate of drug-likeness (QED) is 0.646. The second-order valence-electron chi connectivity index (χ2n) is 4.56. The van der Waals surface area contributed by atoms with Gasteiger partial charge < -0.3 is 21.1 Å². The zero-order valence-corrected chi connectivity index (χ0v) is 10.0. The van der Waals surface area contributed by atoms with Crippen LogP contribution in [0.3, 0.4) is 0 Å². The number of rotatable bonds is 6. The van der Waals surface area contributed by atoms with Gasteiger partial charge in [0.25, 0.3) is 0 Å². The molecule has 1 amide bonds. The van der Waals surface area contributed by atoms with E-state index in [2.05, 4.69) is 4.90 Å². The van der Waals surface area contributed by atoms with Gasteiger partial charge in [0.15, 0.2) is 0 Å². The van der Waals surface area contributed by atoms with Crippen molar-refractivity contribution < 1.29 is 9.53 Å². The fourth-order valence-corrected chi connectivity index (χ4v) is 2.19. The van der Waals surface area contributed by atoms with E-state index in [0.717, 1.165) is 26.2 Å². The molecule has 4 N–H and O–H groups in total. The molecule has 0 radical (unpaired) electrons. The average Bonchev–Trinajstić information content (AvgIpc) is 2.26. The summed E-state index contributed by atoms with van der Waals surface area (Å²) in [7, 11) is 1.74. The minimum atomic E-state index is -0.511. The maximum absolute atomic E-state index is 10.8. The number of nitrogens with zero attached hydrogens (tertiary/aromatic N) is 1. The third-order valence-corrected chi connectivity index (χ3v) is 3.13. The highest BCUT2D eigenvalue weighted by Crippen LogP contribution is 2.16. The molecule has 1 rings (SSSR count). The molecule has 2 unspecified atom stereocenters. The fraction of sp³-hybridized carbons (Fsp3) is 0.909. The van der Waals surface area contributed by atoms with Crippen LogP contribution in [0.2, 0.25) is 0 Å². The van der Waals surface area contributed by atoms with Crippen molar-refractivity contribution in [3.63, 3.8) is 0 Å². The molecule has 1 heterocycles. The summed E-state index contributed by atoms with van der Waals surface area (Å²) in [6, 6.07) is -0.511. The van der Waals surface area contributed by atoms with Gasteiger partial charge in [-0.05, 0) is 31.7 Å². The van der Waals surface area contributed by atoms with Gasteiger partial charge in [-0.15, -0.1) is 0 Å². The van der Waals surface area contributed by atoms with Crippen LogP contribution in [0, 0.1) is 5.92 Å². The van der Waals surface area contributed by atoms with Gasteiger partial charge in [0, 0.05) is 20.2 Å². The number of nitrogens with two attached hydrogens (primary N) is 2. The van der Waals surface area contributed by atoms with E-state index in [9.17, 15) is 4.79 Å². The number of carbonyl (C=O) groups excluding carboxylic acids is 1. The molecule has 5 heteroatoms. The molecular formula is C11H23N3O2. The molecule has 16 heavy (non-hydrogen) atoms. The highest BCUT2D eigenvalue weighted by atomic mass is 16.5. The maximum Gasteiger partial charge on any atom is 0.234 e. The summed E-state index contributed by atoms with van der Waals surface area (Å²) in [5, 5.41) is 0. The van der Waals surface area contributed by atoms with Crippen molar-refractivity contribution in [2.45, 2.75) is 25.3 Å². The van der Waals surface area contributed by atoms with Gasteiger partial charge in [-0.3, -0.25) is 4.79 Å². The van der Waals surface area contributed by atoms with Crippen LogP contribution in [-0.4, -0.2) is 50.2 Å². The zero-order chi connectivity index (χ0) is 12.0. The van der Waals surface area contributed by atoms with Crippen LogP contribution in [0.15, 0.2) is 0 Å². The molecular weight excluding hydrogens is 206 g/mol. The smallest absolute Gasteiger partial charge is 0.234 e. The Balaban J connectivity index is 2.23. The average molecular weight is 229 g/mol. The lowest BCUT2D eigenvalue weighted by atomic mass is 9.98. The van der Waals surface area contributed by atoms with Crippen molar-refractivity contribution in [1.82, 2.24) is 4.90 Å². The summed E-state index contributed by atoms with van der Waals surface area (Å²) in [5.41, 5.74) is 10.7. The van der Waals surface area contributed by atoms with Crippen LogP contribution in [0.25, 0.3) is 0 Å². The number of likely N-dealkylation sites (tertiary alicyclic amines) is 1. The highest BCUT2D eigenvalue weighted by molar-refractivity contribution is 5.79. The Kier molecular flexibility index (Phi) is 5.73. The van der Waals surface area contributed by atoms with Gasteiger partial charge in [-0.2, -0.15) is 0 Å². The maximum atomic E-state index is 10.8. The van der Waals surface area contributed by atoms with Gasteiger partial charge in [0.05, 0.1) is 12.6 Å². The first-order chi connectivity index (χ1) is 7.63. The third-order valence-electron chi connectivity index (χ3n) is 3.13. The van der Waals surface area contributed by atoms with Crippen LogP contribution in [0.1, 0.15) is 19.3 Å². The van der Waals surface area contributed by atoms with E-state index >= 15 is 0 Å². The molecule has 1 saturated heterocycles. The van der Waals surface area contributed by atoms with E-state index in [1.165, 1.54) is 12.8 Å². The number of methoxy groups -OCH3 is 1. The summed E-state index contributed by atoms with van der Waals surface area (Å²) in [6.07, 6.45) is 3.07. The van der Waals surface area contributed by atoms with Crippen LogP contribution in [-0.2, 0) is 9.53 Å². The second kappa shape index (κ2) is 6.83.